The highest BCUT2D eigenvalue weighted by atomic mass is 16.5. The van der Waals surface area contributed by atoms with Gasteiger partial charge in [-0.25, -0.2) is 4.79 Å². The van der Waals surface area contributed by atoms with E-state index < -0.39 is 6.04 Å². The lowest BCUT2D eigenvalue weighted by atomic mass is 9.79. The van der Waals surface area contributed by atoms with Crippen LogP contribution < -0.4 is 10.6 Å². The molecule has 0 unspecified atom stereocenters. The number of esters is 1. The second kappa shape index (κ2) is 15.6. The highest BCUT2D eigenvalue weighted by Gasteiger charge is 2.29. The Labute approximate surface area is 212 Å². The minimum atomic E-state index is -0.580. The van der Waals surface area contributed by atoms with Gasteiger partial charge in [-0.1, -0.05) is 59.3 Å². The number of ether oxygens (including phenoxy) is 1. The molecule has 1 aromatic carbocycles. The van der Waals surface area contributed by atoms with E-state index in [0.29, 0.717) is 24.3 Å². The van der Waals surface area contributed by atoms with Gasteiger partial charge in [0.05, 0.1) is 12.2 Å². The van der Waals surface area contributed by atoms with Gasteiger partial charge >= 0.3 is 5.97 Å². The molecule has 6 heteroatoms. The Morgan fingerprint density at radius 2 is 1.60 bits per heavy atom. The van der Waals surface area contributed by atoms with E-state index in [2.05, 4.69) is 17.6 Å². The standard InChI is InChI=1S/C29H46N2O4/c1-5-7-8-9-10-11-22-12-14-23(15-13-22)27(32)31-26(20-21(3)4)28(33)30-25-18-16-24(17-19-25)29(34)35-6-2/h16-19,21-23,26H,5-15,20H2,1-4H3,(H,30,33)(H,31,32)/t22?,23?,26-/m0/s1. The summed E-state index contributed by atoms with van der Waals surface area (Å²) in [5, 5.41) is 5.93. The van der Waals surface area contributed by atoms with Crippen LogP contribution >= 0.6 is 0 Å². The van der Waals surface area contributed by atoms with E-state index in [1.165, 1.54) is 38.5 Å². The number of anilines is 1. The molecule has 1 aliphatic carbocycles. The molecule has 0 saturated heterocycles. The van der Waals surface area contributed by atoms with Gasteiger partial charge in [0.15, 0.2) is 0 Å². The van der Waals surface area contributed by atoms with Crippen molar-refractivity contribution >= 4 is 23.5 Å². The molecular formula is C29H46N2O4. The highest BCUT2D eigenvalue weighted by molar-refractivity contribution is 5.98. The fraction of sp³-hybridized carbons (Fsp3) is 0.690. The second-order valence-corrected chi connectivity index (χ2v) is 10.4. The number of carbonyl (C=O) groups excluding carboxylic acids is 3. The molecule has 0 heterocycles. The van der Waals surface area contributed by atoms with Crippen LogP contribution in [0.5, 0.6) is 0 Å². The molecule has 1 fully saturated rings. The molecule has 196 valence electrons. The molecule has 0 radical (unpaired) electrons. The zero-order chi connectivity index (χ0) is 25.6. The van der Waals surface area contributed by atoms with Gasteiger partial charge in [0.25, 0.3) is 0 Å². The van der Waals surface area contributed by atoms with Crippen LogP contribution in [0, 0.1) is 17.8 Å². The van der Waals surface area contributed by atoms with Gasteiger partial charge in [-0.15, -0.1) is 0 Å². The monoisotopic (exact) mass is 486 g/mol. The van der Waals surface area contributed by atoms with E-state index in [9.17, 15) is 14.4 Å². The lowest BCUT2D eigenvalue weighted by molar-refractivity contribution is -0.130. The van der Waals surface area contributed by atoms with Crippen molar-refractivity contribution in [1.82, 2.24) is 5.32 Å². The predicted molar refractivity (Wildman–Crippen MR) is 141 cm³/mol. The molecule has 1 saturated carbocycles. The molecule has 0 bridgehead atoms. The fourth-order valence-electron chi connectivity index (χ4n) is 4.88. The topological polar surface area (TPSA) is 84.5 Å². The van der Waals surface area contributed by atoms with Crippen LogP contribution in [-0.2, 0) is 14.3 Å². The van der Waals surface area contributed by atoms with Crippen LogP contribution in [0.25, 0.3) is 0 Å². The summed E-state index contributed by atoms with van der Waals surface area (Å²) >= 11 is 0. The summed E-state index contributed by atoms with van der Waals surface area (Å²) in [4.78, 5) is 37.9. The van der Waals surface area contributed by atoms with Crippen LogP contribution in [0.4, 0.5) is 5.69 Å². The summed E-state index contributed by atoms with van der Waals surface area (Å²) in [6, 6.07) is 6.05. The molecule has 2 amide bonds. The first kappa shape index (κ1) is 28.9. The Morgan fingerprint density at radius 1 is 0.943 bits per heavy atom. The van der Waals surface area contributed by atoms with Gasteiger partial charge in [0, 0.05) is 11.6 Å². The molecule has 6 nitrogen and oxygen atoms in total. The first-order valence-corrected chi connectivity index (χ1v) is 13.7. The number of amides is 2. The number of rotatable bonds is 14. The lowest BCUT2D eigenvalue weighted by Crippen LogP contribution is -2.47. The van der Waals surface area contributed by atoms with Crippen molar-refractivity contribution in [2.24, 2.45) is 17.8 Å². The van der Waals surface area contributed by atoms with Crippen LogP contribution in [0.15, 0.2) is 24.3 Å². The molecule has 0 spiro atoms. The summed E-state index contributed by atoms with van der Waals surface area (Å²) in [6.45, 7) is 8.41. The normalized spacial score (nSPS) is 18.7. The summed E-state index contributed by atoms with van der Waals surface area (Å²) in [5.74, 6) is 0.398. The van der Waals surface area contributed by atoms with E-state index >= 15 is 0 Å². The SMILES string of the molecule is CCCCCCCC1CCC(C(=O)N[C@@H](CC(C)C)C(=O)Nc2ccc(C(=O)OCC)cc2)CC1. The Balaban J connectivity index is 1.85. The zero-order valence-corrected chi connectivity index (χ0v) is 22.2. The van der Waals surface area contributed by atoms with Gasteiger partial charge < -0.3 is 15.4 Å². The van der Waals surface area contributed by atoms with Crippen molar-refractivity contribution < 1.29 is 19.1 Å². The molecule has 1 atom stereocenters. The third-order valence-corrected chi connectivity index (χ3v) is 6.94. The summed E-state index contributed by atoms with van der Waals surface area (Å²) in [7, 11) is 0. The van der Waals surface area contributed by atoms with Crippen molar-refractivity contribution in [2.75, 3.05) is 11.9 Å². The molecule has 1 aromatic rings. The Morgan fingerprint density at radius 3 is 2.20 bits per heavy atom. The summed E-state index contributed by atoms with van der Waals surface area (Å²) in [6.07, 6.45) is 12.5. The first-order chi connectivity index (χ1) is 16.8. The van der Waals surface area contributed by atoms with E-state index in [4.69, 9.17) is 4.74 Å². The number of unbranched alkanes of at least 4 members (excludes halogenated alkanes) is 4. The summed E-state index contributed by atoms with van der Waals surface area (Å²) < 4.78 is 5.00. The number of carbonyl (C=O) groups is 3. The number of nitrogens with one attached hydrogen (secondary N) is 2. The van der Waals surface area contributed by atoms with E-state index in [-0.39, 0.29) is 29.6 Å². The molecule has 1 aliphatic rings. The van der Waals surface area contributed by atoms with Crippen LogP contribution in [0.2, 0.25) is 0 Å². The Hall–Kier alpha value is -2.37. The zero-order valence-electron chi connectivity index (χ0n) is 22.2. The van der Waals surface area contributed by atoms with Crippen molar-refractivity contribution in [1.29, 1.82) is 0 Å². The number of benzene rings is 1. The van der Waals surface area contributed by atoms with Gasteiger partial charge in [-0.05, 0) is 75.1 Å². The van der Waals surface area contributed by atoms with E-state index in [0.717, 1.165) is 31.6 Å². The average Bonchev–Trinajstić information content (AvgIpc) is 2.84. The number of hydrogen-bond donors (Lipinski definition) is 2. The minimum Gasteiger partial charge on any atom is -0.462 e. The van der Waals surface area contributed by atoms with E-state index in [1.54, 1.807) is 31.2 Å². The maximum atomic E-state index is 13.0. The van der Waals surface area contributed by atoms with Gasteiger partial charge in [0.1, 0.15) is 6.04 Å². The third-order valence-electron chi connectivity index (χ3n) is 6.94. The third kappa shape index (κ3) is 10.4. The minimum absolute atomic E-state index is 0.00216. The molecule has 0 aromatic heterocycles. The smallest absolute Gasteiger partial charge is 0.338 e. The molecule has 35 heavy (non-hydrogen) atoms. The molecule has 2 N–H and O–H groups in total. The highest BCUT2D eigenvalue weighted by Crippen LogP contribution is 2.32. The van der Waals surface area contributed by atoms with Crippen molar-refractivity contribution in [3.63, 3.8) is 0 Å². The maximum Gasteiger partial charge on any atom is 0.338 e. The largest absolute Gasteiger partial charge is 0.462 e. The maximum absolute atomic E-state index is 13.0. The average molecular weight is 487 g/mol. The predicted octanol–water partition coefficient (Wildman–Crippen LogP) is 6.50. The molecular weight excluding hydrogens is 440 g/mol. The van der Waals surface area contributed by atoms with Crippen LogP contribution in [0.3, 0.4) is 0 Å². The van der Waals surface area contributed by atoms with Gasteiger partial charge in [-0.2, -0.15) is 0 Å². The van der Waals surface area contributed by atoms with Crippen LogP contribution in [-0.4, -0.2) is 30.4 Å². The van der Waals surface area contributed by atoms with Crippen molar-refractivity contribution in [2.45, 2.75) is 104 Å². The molecule has 2 rings (SSSR count). The van der Waals surface area contributed by atoms with Crippen molar-refractivity contribution in [3.8, 4) is 0 Å². The number of hydrogen-bond acceptors (Lipinski definition) is 4. The molecule has 0 aliphatic heterocycles. The van der Waals surface area contributed by atoms with Gasteiger partial charge in [-0.3, -0.25) is 9.59 Å². The Bertz CT molecular complexity index is 782. The fourth-order valence-corrected chi connectivity index (χ4v) is 4.88. The lowest BCUT2D eigenvalue weighted by Gasteiger charge is -2.29. The van der Waals surface area contributed by atoms with Gasteiger partial charge in [0.2, 0.25) is 11.8 Å². The Kier molecular flexibility index (Phi) is 12.9. The first-order valence-electron chi connectivity index (χ1n) is 13.7. The van der Waals surface area contributed by atoms with Crippen LogP contribution in [0.1, 0.15) is 109 Å². The summed E-state index contributed by atoms with van der Waals surface area (Å²) in [5.41, 5.74) is 1.03. The van der Waals surface area contributed by atoms with Crippen molar-refractivity contribution in [3.05, 3.63) is 29.8 Å². The quantitative estimate of drug-likeness (QED) is 0.232. The second-order valence-electron chi connectivity index (χ2n) is 10.4. The van der Waals surface area contributed by atoms with E-state index in [1.807, 2.05) is 13.8 Å².